The third kappa shape index (κ3) is 3.02. The molecule has 1 aromatic carbocycles. The van der Waals surface area contributed by atoms with Crippen molar-refractivity contribution in [1.82, 2.24) is 10.1 Å². The van der Waals surface area contributed by atoms with Crippen LogP contribution >= 0.6 is 0 Å². The van der Waals surface area contributed by atoms with Gasteiger partial charge in [0.15, 0.2) is 11.5 Å². The summed E-state index contributed by atoms with van der Waals surface area (Å²) in [5.41, 5.74) is 1.35. The quantitative estimate of drug-likeness (QED) is 0.582. The van der Waals surface area contributed by atoms with E-state index in [1.165, 1.54) is 12.3 Å². The number of nitrogens with one attached hydrogen (secondary N) is 1. The number of amides is 1. The van der Waals surface area contributed by atoms with Gasteiger partial charge < -0.3 is 19.0 Å². The Labute approximate surface area is 148 Å². The van der Waals surface area contributed by atoms with Crippen LogP contribution in [-0.4, -0.2) is 22.7 Å². The third-order valence-corrected chi connectivity index (χ3v) is 3.74. The smallest absolute Gasteiger partial charge is 0.277 e. The highest BCUT2D eigenvalue weighted by molar-refractivity contribution is 6.07. The molecule has 0 aliphatic heterocycles. The number of para-hydroxylation sites is 1. The number of carbonyl (C=O) groups excluding carboxylic acids is 1. The summed E-state index contributed by atoms with van der Waals surface area (Å²) in [6.45, 7) is 2.41. The van der Waals surface area contributed by atoms with Gasteiger partial charge in [-0.25, -0.2) is 4.98 Å². The minimum atomic E-state index is -0.400. The molecule has 4 rings (SSSR count). The van der Waals surface area contributed by atoms with Crippen molar-refractivity contribution in [3.8, 4) is 17.4 Å². The molecular weight excluding hydrogens is 334 g/mol. The van der Waals surface area contributed by atoms with Crippen molar-refractivity contribution in [3.05, 3.63) is 60.5 Å². The fourth-order valence-corrected chi connectivity index (χ4v) is 2.56. The van der Waals surface area contributed by atoms with Gasteiger partial charge in [-0.15, -0.1) is 0 Å². The number of rotatable bonds is 5. The molecular formula is C19H15N3O4. The standard InChI is InChI=1S/C19H15N3O4/c1-2-24-17-9-8-12-5-3-6-13(18(12)21-17)20-19(23)14-11-16(26-22-14)15-7-4-10-25-15/h3-11H,2H2,1H3,(H,20,23). The van der Waals surface area contributed by atoms with Crippen molar-refractivity contribution in [2.24, 2.45) is 0 Å². The predicted molar refractivity (Wildman–Crippen MR) is 95.1 cm³/mol. The lowest BCUT2D eigenvalue weighted by molar-refractivity contribution is 0.101. The molecule has 4 aromatic rings. The Kier molecular flexibility index (Phi) is 4.10. The SMILES string of the molecule is CCOc1ccc2cccc(NC(=O)c3cc(-c4ccco4)on3)c2n1. The van der Waals surface area contributed by atoms with Crippen LogP contribution in [0, 0.1) is 0 Å². The molecule has 3 heterocycles. The van der Waals surface area contributed by atoms with Crippen molar-refractivity contribution in [2.75, 3.05) is 11.9 Å². The summed E-state index contributed by atoms with van der Waals surface area (Å²) in [5.74, 6) is 0.991. The van der Waals surface area contributed by atoms with Gasteiger partial charge in [0.2, 0.25) is 11.6 Å². The Hall–Kier alpha value is -3.61. The molecule has 0 saturated carbocycles. The molecule has 0 unspecified atom stereocenters. The van der Waals surface area contributed by atoms with Gasteiger partial charge in [-0.2, -0.15) is 0 Å². The van der Waals surface area contributed by atoms with Crippen LogP contribution in [0.25, 0.3) is 22.4 Å². The van der Waals surface area contributed by atoms with E-state index in [-0.39, 0.29) is 5.69 Å². The number of aromatic nitrogens is 2. The summed E-state index contributed by atoms with van der Waals surface area (Å²) >= 11 is 0. The first-order valence-electron chi connectivity index (χ1n) is 8.09. The van der Waals surface area contributed by atoms with E-state index in [0.29, 0.717) is 35.2 Å². The van der Waals surface area contributed by atoms with Crippen LogP contribution < -0.4 is 10.1 Å². The molecule has 0 spiro atoms. The molecule has 0 bridgehead atoms. The molecule has 0 aliphatic rings. The first kappa shape index (κ1) is 15.9. The van der Waals surface area contributed by atoms with Crippen LogP contribution in [0.15, 0.2) is 63.7 Å². The van der Waals surface area contributed by atoms with Crippen LogP contribution in [0.4, 0.5) is 5.69 Å². The molecule has 0 atom stereocenters. The Bertz CT molecular complexity index is 1050. The van der Waals surface area contributed by atoms with E-state index < -0.39 is 5.91 Å². The minimum absolute atomic E-state index is 0.148. The molecule has 0 fully saturated rings. The molecule has 130 valence electrons. The summed E-state index contributed by atoms with van der Waals surface area (Å²) in [4.78, 5) is 17.0. The maximum absolute atomic E-state index is 12.5. The second-order valence-electron chi connectivity index (χ2n) is 5.47. The lowest BCUT2D eigenvalue weighted by atomic mass is 10.2. The van der Waals surface area contributed by atoms with Crippen LogP contribution in [0.2, 0.25) is 0 Å². The fourth-order valence-electron chi connectivity index (χ4n) is 2.56. The largest absolute Gasteiger partial charge is 0.478 e. The Morgan fingerprint density at radius 3 is 2.88 bits per heavy atom. The molecule has 7 nitrogen and oxygen atoms in total. The minimum Gasteiger partial charge on any atom is -0.478 e. The van der Waals surface area contributed by atoms with Gasteiger partial charge in [0, 0.05) is 17.5 Å². The highest BCUT2D eigenvalue weighted by Crippen LogP contribution is 2.25. The summed E-state index contributed by atoms with van der Waals surface area (Å²) in [7, 11) is 0. The van der Waals surface area contributed by atoms with Gasteiger partial charge in [-0.05, 0) is 31.2 Å². The molecule has 0 aliphatic carbocycles. The zero-order valence-corrected chi connectivity index (χ0v) is 13.9. The lowest BCUT2D eigenvalue weighted by Gasteiger charge is -2.08. The Morgan fingerprint density at radius 2 is 2.08 bits per heavy atom. The van der Waals surface area contributed by atoms with E-state index in [4.69, 9.17) is 13.7 Å². The fraction of sp³-hybridized carbons (Fsp3) is 0.105. The number of pyridine rings is 1. The monoisotopic (exact) mass is 349 g/mol. The topological polar surface area (TPSA) is 90.4 Å². The van der Waals surface area contributed by atoms with Gasteiger partial charge in [0.05, 0.1) is 24.1 Å². The number of anilines is 1. The van der Waals surface area contributed by atoms with Gasteiger partial charge in [-0.1, -0.05) is 17.3 Å². The van der Waals surface area contributed by atoms with Gasteiger partial charge in [0.1, 0.15) is 0 Å². The van der Waals surface area contributed by atoms with Gasteiger partial charge in [-0.3, -0.25) is 4.79 Å². The highest BCUT2D eigenvalue weighted by atomic mass is 16.5. The van der Waals surface area contributed by atoms with Gasteiger partial charge >= 0.3 is 0 Å². The van der Waals surface area contributed by atoms with Crippen molar-refractivity contribution >= 4 is 22.5 Å². The Balaban J connectivity index is 1.62. The summed E-state index contributed by atoms with van der Waals surface area (Å²) in [5, 5.41) is 7.51. The van der Waals surface area contributed by atoms with E-state index in [1.54, 1.807) is 24.3 Å². The lowest BCUT2D eigenvalue weighted by Crippen LogP contribution is -2.12. The number of benzene rings is 1. The number of hydrogen-bond donors (Lipinski definition) is 1. The molecule has 26 heavy (non-hydrogen) atoms. The van der Waals surface area contributed by atoms with Crippen molar-refractivity contribution in [1.29, 1.82) is 0 Å². The first-order valence-corrected chi connectivity index (χ1v) is 8.09. The van der Waals surface area contributed by atoms with Crippen LogP contribution in [0.3, 0.4) is 0 Å². The normalized spacial score (nSPS) is 10.8. The van der Waals surface area contributed by atoms with Crippen LogP contribution in [0.1, 0.15) is 17.4 Å². The maximum Gasteiger partial charge on any atom is 0.277 e. The van der Waals surface area contributed by atoms with Crippen molar-refractivity contribution in [2.45, 2.75) is 6.92 Å². The second-order valence-corrected chi connectivity index (χ2v) is 5.47. The number of hydrogen-bond acceptors (Lipinski definition) is 6. The van der Waals surface area contributed by atoms with E-state index in [2.05, 4.69) is 15.5 Å². The highest BCUT2D eigenvalue weighted by Gasteiger charge is 2.16. The summed E-state index contributed by atoms with van der Waals surface area (Å²) in [6, 6.07) is 14.2. The molecule has 1 N–H and O–H groups in total. The Morgan fingerprint density at radius 1 is 1.15 bits per heavy atom. The van der Waals surface area contributed by atoms with E-state index >= 15 is 0 Å². The zero-order chi connectivity index (χ0) is 17.9. The van der Waals surface area contributed by atoms with E-state index in [1.807, 2.05) is 25.1 Å². The molecule has 1 amide bonds. The number of fused-ring (bicyclic) bond motifs is 1. The third-order valence-electron chi connectivity index (χ3n) is 3.74. The number of ether oxygens (including phenoxy) is 1. The molecule has 0 radical (unpaired) electrons. The summed E-state index contributed by atoms with van der Waals surface area (Å²) < 4.78 is 15.8. The average Bonchev–Trinajstić information content (AvgIpc) is 3.34. The average molecular weight is 349 g/mol. The van der Waals surface area contributed by atoms with E-state index in [9.17, 15) is 4.79 Å². The molecule has 3 aromatic heterocycles. The number of carbonyl (C=O) groups is 1. The van der Waals surface area contributed by atoms with E-state index in [0.717, 1.165) is 5.39 Å². The molecule has 0 saturated heterocycles. The summed E-state index contributed by atoms with van der Waals surface area (Å²) in [6.07, 6.45) is 1.52. The number of furan rings is 1. The zero-order valence-electron chi connectivity index (χ0n) is 13.9. The molecule has 7 heteroatoms. The first-order chi connectivity index (χ1) is 12.7. The predicted octanol–water partition coefficient (Wildman–Crippen LogP) is 4.13. The van der Waals surface area contributed by atoms with Gasteiger partial charge in [0.25, 0.3) is 5.91 Å². The second kappa shape index (κ2) is 6.72. The number of nitrogens with zero attached hydrogens (tertiary/aromatic N) is 2. The van der Waals surface area contributed by atoms with Crippen molar-refractivity contribution in [3.63, 3.8) is 0 Å². The van der Waals surface area contributed by atoms with Crippen LogP contribution in [0.5, 0.6) is 5.88 Å². The van der Waals surface area contributed by atoms with Crippen molar-refractivity contribution < 1.29 is 18.5 Å². The van der Waals surface area contributed by atoms with Crippen LogP contribution in [-0.2, 0) is 0 Å². The maximum atomic E-state index is 12.5.